The predicted octanol–water partition coefficient (Wildman–Crippen LogP) is 4.56. The highest BCUT2D eigenvalue weighted by Gasteiger charge is 2.12. The Morgan fingerprint density at radius 1 is 1.28 bits per heavy atom. The molecular weight excluding hydrogens is 499 g/mol. The number of hydrogen-bond acceptors (Lipinski definition) is 5. The summed E-state index contributed by atoms with van der Waals surface area (Å²) in [7, 11) is 3.72. The fourth-order valence-corrected chi connectivity index (χ4v) is 3.64. The lowest BCUT2D eigenvalue weighted by Crippen LogP contribution is -2.38. The fraction of sp³-hybridized carbons (Fsp3) is 0.524. The first-order valence-corrected chi connectivity index (χ1v) is 10.5. The van der Waals surface area contributed by atoms with Crippen molar-refractivity contribution in [3.8, 4) is 5.75 Å². The smallest absolute Gasteiger partial charge is 0.194 e. The van der Waals surface area contributed by atoms with Crippen LogP contribution in [0.25, 0.3) is 0 Å². The second-order valence-electron chi connectivity index (χ2n) is 6.82. The van der Waals surface area contributed by atoms with Crippen LogP contribution >= 0.6 is 35.3 Å². The molecule has 6 nitrogen and oxygen atoms in total. The molecule has 1 atom stereocenters. The maximum atomic E-state index is 5.86. The van der Waals surface area contributed by atoms with Crippen molar-refractivity contribution in [2.45, 2.75) is 40.3 Å². The minimum atomic E-state index is 0. The van der Waals surface area contributed by atoms with Crippen LogP contribution in [0.1, 0.15) is 41.8 Å². The summed E-state index contributed by atoms with van der Waals surface area (Å²) >= 11 is 1.63. The number of hydrogen-bond donors (Lipinski definition) is 1. The molecule has 0 spiro atoms. The van der Waals surface area contributed by atoms with Crippen LogP contribution in [0, 0.1) is 13.8 Å². The van der Waals surface area contributed by atoms with Crippen molar-refractivity contribution in [1.82, 2.24) is 15.2 Å². The molecule has 0 aliphatic carbocycles. The van der Waals surface area contributed by atoms with Crippen molar-refractivity contribution in [2.75, 3.05) is 33.9 Å². The van der Waals surface area contributed by atoms with Crippen LogP contribution < -0.4 is 10.1 Å². The second-order valence-corrected chi connectivity index (χ2v) is 7.71. The maximum Gasteiger partial charge on any atom is 0.194 e. The van der Waals surface area contributed by atoms with Crippen molar-refractivity contribution >= 4 is 41.3 Å². The molecule has 0 radical (unpaired) electrons. The molecule has 1 unspecified atom stereocenters. The van der Waals surface area contributed by atoms with Gasteiger partial charge >= 0.3 is 0 Å². The fourth-order valence-electron chi connectivity index (χ4n) is 2.80. The van der Waals surface area contributed by atoms with E-state index in [2.05, 4.69) is 64.5 Å². The zero-order valence-corrected chi connectivity index (χ0v) is 21.3. The SMILES string of the molecule is CCNC(=NCCOc1cc(C)cc(C)c1)N(C)Cc1csc(C(C)OC)n1.I. The highest BCUT2D eigenvalue weighted by Crippen LogP contribution is 2.21. The molecule has 1 aromatic heterocycles. The third-order valence-electron chi connectivity index (χ3n) is 4.18. The Morgan fingerprint density at radius 3 is 2.59 bits per heavy atom. The largest absolute Gasteiger partial charge is 0.492 e. The second kappa shape index (κ2) is 13.0. The van der Waals surface area contributed by atoms with Gasteiger partial charge in [-0.3, -0.25) is 0 Å². The number of methoxy groups -OCH3 is 1. The molecule has 0 aliphatic heterocycles. The number of aryl methyl sites for hydroxylation is 2. The van der Waals surface area contributed by atoms with Crippen LogP contribution in [0.5, 0.6) is 5.75 Å². The van der Waals surface area contributed by atoms with Crippen LogP contribution in [0.3, 0.4) is 0 Å². The van der Waals surface area contributed by atoms with Gasteiger partial charge in [-0.25, -0.2) is 9.98 Å². The number of benzene rings is 1. The zero-order valence-electron chi connectivity index (χ0n) is 18.2. The van der Waals surface area contributed by atoms with E-state index in [0.29, 0.717) is 19.7 Å². The van der Waals surface area contributed by atoms with Gasteiger partial charge in [-0.05, 0) is 51.0 Å². The van der Waals surface area contributed by atoms with E-state index in [1.807, 2.05) is 14.0 Å². The molecule has 0 fully saturated rings. The van der Waals surface area contributed by atoms with Crippen molar-refractivity contribution in [3.63, 3.8) is 0 Å². The number of nitrogens with one attached hydrogen (secondary N) is 1. The Balaban J connectivity index is 0.00000420. The molecule has 29 heavy (non-hydrogen) atoms. The number of ether oxygens (including phenoxy) is 2. The molecular formula is C21H33IN4O2S. The van der Waals surface area contributed by atoms with Gasteiger partial charge in [-0.1, -0.05) is 6.07 Å². The minimum Gasteiger partial charge on any atom is -0.492 e. The van der Waals surface area contributed by atoms with E-state index in [9.17, 15) is 0 Å². The lowest BCUT2D eigenvalue weighted by molar-refractivity contribution is 0.119. The average molecular weight is 532 g/mol. The number of rotatable bonds is 9. The average Bonchev–Trinajstić information content (AvgIpc) is 3.11. The van der Waals surface area contributed by atoms with Gasteiger partial charge in [-0.2, -0.15) is 0 Å². The number of halogens is 1. The van der Waals surface area contributed by atoms with Gasteiger partial charge in [0, 0.05) is 26.1 Å². The number of nitrogens with zero attached hydrogens (tertiary/aromatic N) is 3. The van der Waals surface area contributed by atoms with Gasteiger partial charge < -0.3 is 19.7 Å². The van der Waals surface area contributed by atoms with E-state index in [1.165, 1.54) is 11.1 Å². The molecule has 0 amide bonds. The standard InChI is InChI=1S/C21H32N4O2S.HI/c1-7-22-21(23-8-9-27-19-11-15(2)10-16(3)12-19)25(5)13-18-14-28-20(24-18)17(4)26-6;/h10-12,14,17H,7-9,13H2,1-6H3,(H,22,23);1H. The summed E-state index contributed by atoms with van der Waals surface area (Å²) in [6.07, 6.45) is 0.0216. The van der Waals surface area contributed by atoms with Crippen LogP contribution in [0.15, 0.2) is 28.6 Å². The lowest BCUT2D eigenvalue weighted by atomic mass is 10.1. The molecule has 0 aliphatic rings. The predicted molar refractivity (Wildman–Crippen MR) is 132 cm³/mol. The summed E-state index contributed by atoms with van der Waals surface area (Å²) in [5.41, 5.74) is 3.43. The van der Waals surface area contributed by atoms with E-state index in [1.54, 1.807) is 18.4 Å². The normalized spacial score (nSPS) is 12.3. The summed E-state index contributed by atoms with van der Waals surface area (Å²) in [6.45, 7) is 10.9. The number of aromatic nitrogens is 1. The van der Waals surface area contributed by atoms with E-state index in [0.717, 1.165) is 29.0 Å². The first kappa shape index (κ1) is 25.6. The van der Waals surface area contributed by atoms with Crippen molar-refractivity contribution < 1.29 is 9.47 Å². The number of thiazole rings is 1. The van der Waals surface area contributed by atoms with Gasteiger partial charge in [0.15, 0.2) is 5.96 Å². The van der Waals surface area contributed by atoms with Crippen LogP contribution in [0.4, 0.5) is 0 Å². The summed E-state index contributed by atoms with van der Waals surface area (Å²) in [5.74, 6) is 1.74. The molecule has 8 heteroatoms. The van der Waals surface area contributed by atoms with E-state index < -0.39 is 0 Å². The molecule has 0 saturated carbocycles. The minimum absolute atomic E-state index is 0. The molecule has 2 aromatic rings. The van der Waals surface area contributed by atoms with E-state index in [-0.39, 0.29) is 30.1 Å². The Bertz CT molecular complexity index is 762. The van der Waals surface area contributed by atoms with Crippen molar-refractivity contribution in [2.24, 2.45) is 4.99 Å². The summed E-state index contributed by atoms with van der Waals surface area (Å²) < 4.78 is 11.2. The van der Waals surface area contributed by atoms with Gasteiger partial charge in [0.05, 0.1) is 18.8 Å². The third-order valence-corrected chi connectivity index (χ3v) is 5.24. The van der Waals surface area contributed by atoms with Crippen molar-refractivity contribution in [1.29, 1.82) is 0 Å². The van der Waals surface area contributed by atoms with Crippen molar-refractivity contribution in [3.05, 3.63) is 45.4 Å². The number of guanidine groups is 1. The molecule has 1 heterocycles. The molecule has 2 rings (SSSR count). The summed E-state index contributed by atoms with van der Waals surface area (Å²) in [4.78, 5) is 11.4. The topological polar surface area (TPSA) is 59.0 Å². The van der Waals surface area contributed by atoms with Gasteiger partial charge in [-0.15, -0.1) is 35.3 Å². The van der Waals surface area contributed by atoms with Crippen LogP contribution in [-0.2, 0) is 11.3 Å². The highest BCUT2D eigenvalue weighted by molar-refractivity contribution is 14.0. The monoisotopic (exact) mass is 532 g/mol. The van der Waals surface area contributed by atoms with Crippen LogP contribution in [-0.4, -0.2) is 49.7 Å². The molecule has 1 N–H and O–H groups in total. The first-order valence-electron chi connectivity index (χ1n) is 9.60. The van der Waals surface area contributed by atoms with E-state index in [4.69, 9.17) is 9.47 Å². The molecule has 1 aromatic carbocycles. The molecule has 0 bridgehead atoms. The maximum absolute atomic E-state index is 5.86. The molecule has 0 saturated heterocycles. The molecule has 162 valence electrons. The Hall–Kier alpha value is -1.39. The summed E-state index contributed by atoms with van der Waals surface area (Å²) in [5, 5.41) is 6.40. The zero-order chi connectivity index (χ0) is 20.5. The van der Waals surface area contributed by atoms with Gasteiger partial charge in [0.1, 0.15) is 23.5 Å². The summed E-state index contributed by atoms with van der Waals surface area (Å²) in [6, 6.07) is 6.24. The quantitative estimate of drug-likeness (QED) is 0.222. The van der Waals surface area contributed by atoms with E-state index >= 15 is 0 Å². The van der Waals surface area contributed by atoms with Gasteiger partial charge in [0.25, 0.3) is 0 Å². The number of aliphatic imine (C=N–C) groups is 1. The third kappa shape index (κ3) is 8.47. The Morgan fingerprint density at radius 2 is 1.97 bits per heavy atom. The lowest BCUT2D eigenvalue weighted by Gasteiger charge is -2.21. The van der Waals surface area contributed by atoms with Crippen LogP contribution in [0.2, 0.25) is 0 Å². The Kier molecular flexibility index (Phi) is 11.5. The first-order chi connectivity index (χ1) is 13.4. The highest BCUT2D eigenvalue weighted by atomic mass is 127. The Labute approximate surface area is 195 Å². The van der Waals surface area contributed by atoms with Gasteiger partial charge in [0.2, 0.25) is 0 Å².